The van der Waals surface area contributed by atoms with Crippen LogP contribution in [0.1, 0.15) is 71.9 Å². The molecule has 1 unspecified atom stereocenters. The Kier molecular flexibility index (Phi) is 8.12. The van der Waals surface area contributed by atoms with E-state index in [2.05, 4.69) is 79.2 Å². The highest BCUT2D eigenvalue weighted by Gasteiger charge is 2.33. The average Bonchev–Trinajstić information content (AvgIpc) is 3.54. The third-order valence-electron chi connectivity index (χ3n) is 7.93. The maximum atomic E-state index is 14.3. The number of anilines is 1. The number of rotatable bonds is 8. The summed E-state index contributed by atoms with van der Waals surface area (Å²) in [6.45, 7) is 13.4. The van der Waals surface area contributed by atoms with Gasteiger partial charge in [0, 0.05) is 66.5 Å². The zero-order chi connectivity index (χ0) is 25.9. The van der Waals surface area contributed by atoms with Gasteiger partial charge >= 0.3 is 0 Å². The van der Waals surface area contributed by atoms with E-state index < -0.39 is 0 Å². The van der Waals surface area contributed by atoms with Crippen LogP contribution in [0.15, 0.2) is 42.7 Å². The number of likely N-dealkylation sites (N-methyl/N-ethyl adjacent to an activating group) is 1. The summed E-state index contributed by atoms with van der Waals surface area (Å²) in [4.78, 5) is 24.1. The maximum absolute atomic E-state index is 14.3. The molecule has 0 bridgehead atoms. The van der Waals surface area contributed by atoms with Gasteiger partial charge < -0.3 is 9.80 Å². The van der Waals surface area contributed by atoms with E-state index in [0.29, 0.717) is 12.5 Å². The highest BCUT2D eigenvalue weighted by molar-refractivity contribution is 7.12. The number of aromatic nitrogens is 2. The Morgan fingerprint density at radius 1 is 1.16 bits per heavy atom. The van der Waals surface area contributed by atoms with Crippen molar-refractivity contribution in [3.05, 3.63) is 69.2 Å². The number of piperazine rings is 1. The predicted molar refractivity (Wildman–Crippen MR) is 152 cm³/mol. The summed E-state index contributed by atoms with van der Waals surface area (Å²) in [5.41, 5.74) is 4.61. The van der Waals surface area contributed by atoms with Gasteiger partial charge in [-0.1, -0.05) is 26.0 Å². The van der Waals surface area contributed by atoms with Crippen molar-refractivity contribution in [2.75, 3.05) is 38.1 Å². The standard InChI is InChI=1S/C30H41N5OS/c1-5-34-19-23(18-31-34)20-35(25-11-9-24(10-12-25)22(2)3)30(36)27-7-6-8-29-28(27)17-26(37-29)21-33-15-13-32(4)14-16-33/h9-12,17-19,22,27H,5-8,13-16,20-21H2,1-4H3. The molecule has 0 saturated carbocycles. The number of aryl methyl sites for hydroxylation is 2. The first-order valence-electron chi connectivity index (χ1n) is 13.9. The molecule has 1 fully saturated rings. The molecular weight excluding hydrogens is 478 g/mol. The van der Waals surface area contributed by atoms with Gasteiger partial charge in [-0.25, -0.2) is 0 Å². The molecule has 1 aliphatic heterocycles. The van der Waals surface area contributed by atoms with E-state index >= 15 is 0 Å². The van der Waals surface area contributed by atoms with Crippen molar-refractivity contribution in [1.82, 2.24) is 19.6 Å². The van der Waals surface area contributed by atoms with Crippen LogP contribution in [0, 0.1) is 0 Å². The topological polar surface area (TPSA) is 44.6 Å². The molecule has 3 heterocycles. The fourth-order valence-corrected chi connectivity index (χ4v) is 6.86. The van der Waals surface area contributed by atoms with E-state index in [4.69, 9.17) is 0 Å². The largest absolute Gasteiger partial charge is 0.307 e. The van der Waals surface area contributed by atoms with Crippen LogP contribution in [0.4, 0.5) is 5.69 Å². The van der Waals surface area contributed by atoms with Crippen LogP contribution >= 0.6 is 11.3 Å². The minimum Gasteiger partial charge on any atom is -0.307 e. The Labute approximate surface area is 225 Å². The van der Waals surface area contributed by atoms with Crippen molar-refractivity contribution >= 4 is 22.9 Å². The lowest BCUT2D eigenvalue weighted by molar-refractivity contribution is -0.120. The van der Waals surface area contributed by atoms with Gasteiger partial charge in [-0.2, -0.15) is 5.10 Å². The number of hydrogen-bond acceptors (Lipinski definition) is 5. The van der Waals surface area contributed by atoms with E-state index in [9.17, 15) is 4.79 Å². The number of fused-ring (bicyclic) bond motifs is 1. The van der Waals surface area contributed by atoms with Crippen LogP contribution in [0.3, 0.4) is 0 Å². The molecule has 0 N–H and O–H groups in total. The lowest BCUT2D eigenvalue weighted by atomic mass is 9.86. The summed E-state index contributed by atoms with van der Waals surface area (Å²) in [5, 5.41) is 4.46. The third-order valence-corrected chi connectivity index (χ3v) is 9.12. The van der Waals surface area contributed by atoms with E-state index in [1.165, 1.54) is 20.9 Å². The molecule has 1 atom stereocenters. The monoisotopic (exact) mass is 519 g/mol. The molecule has 0 spiro atoms. The Hall–Kier alpha value is -2.48. The second kappa shape index (κ2) is 11.5. The molecule has 2 aromatic heterocycles. The molecule has 5 rings (SSSR count). The van der Waals surface area contributed by atoms with Gasteiger partial charge in [-0.15, -0.1) is 11.3 Å². The second-order valence-electron chi connectivity index (χ2n) is 11.0. The molecule has 1 amide bonds. The van der Waals surface area contributed by atoms with Crippen LogP contribution in [0.5, 0.6) is 0 Å². The minimum absolute atomic E-state index is 0.0766. The highest BCUT2D eigenvalue weighted by atomic mass is 32.1. The summed E-state index contributed by atoms with van der Waals surface area (Å²) >= 11 is 1.93. The Bertz CT molecular complexity index is 1190. The lowest BCUT2D eigenvalue weighted by Gasteiger charge is -2.31. The molecule has 1 aliphatic carbocycles. The molecular formula is C30H41N5OS. The molecule has 1 saturated heterocycles. The molecule has 0 radical (unpaired) electrons. The highest BCUT2D eigenvalue weighted by Crippen LogP contribution is 2.40. The molecule has 37 heavy (non-hydrogen) atoms. The first-order valence-corrected chi connectivity index (χ1v) is 14.7. The van der Waals surface area contributed by atoms with Crippen molar-refractivity contribution in [1.29, 1.82) is 0 Å². The quantitative estimate of drug-likeness (QED) is 0.395. The van der Waals surface area contributed by atoms with E-state index in [1.54, 1.807) is 0 Å². The SMILES string of the molecule is CCn1cc(CN(C(=O)C2CCCc3sc(CN4CCN(C)CC4)cc32)c2ccc(C(C)C)cc2)cn1. The summed E-state index contributed by atoms with van der Waals surface area (Å²) in [6.07, 6.45) is 7.06. The van der Waals surface area contributed by atoms with Crippen molar-refractivity contribution in [3.8, 4) is 0 Å². The van der Waals surface area contributed by atoms with Crippen LogP contribution < -0.4 is 4.90 Å². The van der Waals surface area contributed by atoms with Gasteiger partial charge in [0.2, 0.25) is 5.91 Å². The zero-order valence-electron chi connectivity index (χ0n) is 22.8. The van der Waals surface area contributed by atoms with Gasteiger partial charge in [0.05, 0.1) is 18.7 Å². The normalized spacial score (nSPS) is 18.8. The number of carbonyl (C=O) groups is 1. The number of hydrogen-bond donors (Lipinski definition) is 0. The van der Waals surface area contributed by atoms with Crippen LogP contribution in [0.2, 0.25) is 0 Å². The van der Waals surface area contributed by atoms with Crippen LogP contribution in [0.25, 0.3) is 0 Å². The smallest absolute Gasteiger partial charge is 0.234 e. The number of thiophene rings is 1. The number of benzene rings is 1. The van der Waals surface area contributed by atoms with Gasteiger partial charge in [0.15, 0.2) is 0 Å². The van der Waals surface area contributed by atoms with E-state index in [-0.39, 0.29) is 11.8 Å². The van der Waals surface area contributed by atoms with Crippen LogP contribution in [-0.4, -0.2) is 58.7 Å². The van der Waals surface area contributed by atoms with Gasteiger partial charge in [0.25, 0.3) is 0 Å². The first kappa shape index (κ1) is 26.1. The summed E-state index contributed by atoms with van der Waals surface area (Å²) < 4.78 is 1.93. The lowest BCUT2D eigenvalue weighted by Crippen LogP contribution is -2.43. The zero-order valence-corrected chi connectivity index (χ0v) is 23.6. The minimum atomic E-state index is -0.0766. The number of nitrogens with zero attached hydrogens (tertiary/aromatic N) is 5. The molecule has 7 heteroatoms. The van der Waals surface area contributed by atoms with Gasteiger partial charge in [-0.3, -0.25) is 14.4 Å². The molecule has 6 nitrogen and oxygen atoms in total. The van der Waals surface area contributed by atoms with Gasteiger partial charge in [-0.05, 0) is 68.5 Å². The summed E-state index contributed by atoms with van der Waals surface area (Å²) in [5.74, 6) is 0.602. The molecule has 3 aromatic rings. The summed E-state index contributed by atoms with van der Waals surface area (Å²) in [6, 6.07) is 10.9. The first-order chi connectivity index (χ1) is 17.9. The Morgan fingerprint density at radius 2 is 1.92 bits per heavy atom. The Balaban J connectivity index is 1.40. The summed E-state index contributed by atoms with van der Waals surface area (Å²) in [7, 11) is 2.20. The van der Waals surface area contributed by atoms with Crippen LogP contribution in [-0.2, 0) is 30.8 Å². The molecule has 1 aromatic carbocycles. The van der Waals surface area contributed by atoms with Crippen molar-refractivity contribution < 1.29 is 4.79 Å². The Morgan fingerprint density at radius 3 is 2.59 bits per heavy atom. The third kappa shape index (κ3) is 6.00. The van der Waals surface area contributed by atoms with Gasteiger partial charge in [0.1, 0.15) is 0 Å². The molecule has 2 aliphatic rings. The van der Waals surface area contributed by atoms with Crippen molar-refractivity contribution in [2.45, 2.75) is 71.5 Å². The fraction of sp³-hybridized carbons (Fsp3) is 0.533. The molecule has 198 valence electrons. The number of amides is 1. The maximum Gasteiger partial charge on any atom is 0.234 e. The fourth-order valence-electron chi connectivity index (χ4n) is 5.54. The van der Waals surface area contributed by atoms with E-state index in [0.717, 1.165) is 69.8 Å². The average molecular weight is 520 g/mol. The second-order valence-corrected chi connectivity index (χ2v) is 12.2. The predicted octanol–water partition coefficient (Wildman–Crippen LogP) is 5.49. The number of carbonyl (C=O) groups excluding carboxylic acids is 1. The van der Waals surface area contributed by atoms with Crippen molar-refractivity contribution in [3.63, 3.8) is 0 Å². The van der Waals surface area contributed by atoms with Crippen molar-refractivity contribution in [2.24, 2.45) is 0 Å². The van der Waals surface area contributed by atoms with E-state index in [1.807, 2.05) is 27.1 Å².